The Morgan fingerprint density at radius 2 is 2.21 bits per heavy atom. The summed E-state index contributed by atoms with van der Waals surface area (Å²) in [4.78, 5) is 14.9. The van der Waals surface area contributed by atoms with Crippen LogP contribution in [0.4, 0.5) is 4.39 Å². The van der Waals surface area contributed by atoms with Gasteiger partial charge in [0.1, 0.15) is 5.75 Å². The van der Waals surface area contributed by atoms with E-state index in [-0.39, 0.29) is 22.2 Å². The van der Waals surface area contributed by atoms with Gasteiger partial charge in [0.15, 0.2) is 5.82 Å². The lowest BCUT2D eigenvalue weighted by atomic mass is 10.2. The normalized spacial score (nSPS) is 10.1. The number of hydrogen-bond donors (Lipinski definition) is 2. The Morgan fingerprint density at radius 1 is 1.42 bits per heavy atom. The number of carbonyl (C=O) groups is 1. The molecule has 19 heavy (non-hydrogen) atoms. The Hall–Kier alpha value is -2.18. The van der Waals surface area contributed by atoms with Gasteiger partial charge in [-0.1, -0.05) is 11.6 Å². The second-order valence-corrected chi connectivity index (χ2v) is 3.88. The zero-order chi connectivity index (χ0) is 13.8. The fraction of sp³-hybridized carbons (Fsp3) is 0. The molecule has 0 radical (unpaired) electrons. The van der Waals surface area contributed by atoms with Crippen LogP contribution in [0, 0.1) is 5.82 Å². The summed E-state index contributed by atoms with van der Waals surface area (Å²) in [7, 11) is 0. The highest BCUT2D eigenvalue weighted by molar-refractivity contribution is 6.33. The van der Waals surface area contributed by atoms with Crippen molar-refractivity contribution in [2.75, 3.05) is 0 Å². The van der Waals surface area contributed by atoms with Crippen LogP contribution in [0.1, 0.15) is 10.4 Å². The third kappa shape index (κ3) is 2.98. The summed E-state index contributed by atoms with van der Waals surface area (Å²) >= 11 is 5.84. The summed E-state index contributed by atoms with van der Waals surface area (Å²) in [5.74, 6) is -1.34. The standard InChI is InChI=1S/C12H8ClFN2O3/c13-9-6-7(3-4-8(9)11(17)16-18)19-12-10(14)2-1-5-15-12/h1-6,18H,(H,16,17). The van der Waals surface area contributed by atoms with Crippen molar-refractivity contribution in [2.24, 2.45) is 0 Å². The van der Waals surface area contributed by atoms with Crippen LogP contribution in [0.2, 0.25) is 5.02 Å². The zero-order valence-electron chi connectivity index (χ0n) is 9.43. The summed E-state index contributed by atoms with van der Waals surface area (Å²) in [5, 5.41) is 8.56. The number of pyridine rings is 1. The van der Waals surface area contributed by atoms with E-state index >= 15 is 0 Å². The Labute approximate surface area is 112 Å². The summed E-state index contributed by atoms with van der Waals surface area (Å²) in [5.41, 5.74) is 1.53. The van der Waals surface area contributed by atoms with Crippen LogP contribution in [-0.2, 0) is 0 Å². The van der Waals surface area contributed by atoms with Gasteiger partial charge in [-0.3, -0.25) is 10.0 Å². The maximum absolute atomic E-state index is 13.3. The molecule has 0 atom stereocenters. The highest BCUT2D eigenvalue weighted by Gasteiger charge is 2.12. The molecule has 0 saturated carbocycles. The minimum absolute atomic E-state index is 0.0559. The van der Waals surface area contributed by atoms with Gasteiger partial charge in [-0.15, -0.1) is 0 Å². The van der Waals surface area contributed by atoms with Crippen molar-refractivity contribution < 1.29 is 19.1 Å². The molecule has 0 aliphatic carbocycles. The first-order chi connectivity index (χ1) is 9.11. The molecule has 7 heteroatoms. The first kappa shape index (κ1) is 13.3. The van der Waals surface area contributed by atoms with E-state index in [9.17, 15) is 9.18 Å². The number of hydroxylamine groups is 1. The molecule has 0 unspecified atom stereocenters. The molecular formula is C12H8ClFN2O3. The van der Waals surface area contributed by atoms with Gasteiger partial charge in [-0.05, 0) is 24.3 Å². The number of benzene rings is 1. The number of nitrogens with one attached hydrogen (secondary N) is 1. The molecule has 2 rings (SSSR count). The number of hydrogen-bond acceptors (Lipinski definition) is 4. The number of aromatic nitrogens is 1. The first-order valence-corrected chi connectivity index (χ1v) is 5.52. The largest absolute Gasteiger partial charge is 0.436 e. The molecule has 2 aromatic rings. The third-order valence-electron chi connectivity index (χ3n) is 2.23. The second-order valence-electron chi connectivity index (χ2n) is 3.48. The van der Waals surface area contributed by atoms with Crippen LogP contribution in [-0.4, -0.2) is 16.1 Å². The van der Waals surface area contributed by atoms with Gasteiger partial charge in [-0.2, -0.15) is 0 Å². The van der Waals surface area contributed by atoms with Crippen LogP contribution >= 0.6 is 11.6 Å². The van der Waals surface area contributed by atoms with Crippen LogP contribution in [0.15, 0.2) is 36.5 Å². The summed E-state index contributed by atoms with van der Waals surface area (Å²) in [6.45, 7) is 0. The number of amides is 1. The number of rotatable bonds is 3. The van der Waals surface area contributed by atoms with E-state index in [0.29, 0.717) is 0 Å². The fourth-order valence-electron chi connectivity index (χ4n) is 1.36. The van der Waals surface area contributed by atoms with Crippen molar-refractivity contribution in [1.82, 2.24) is 10.5 Å². The van der Waals surface area contributed by atoms with Gasteiger partial charge >= 0.3 is 0 Å². The van der Waals surface area contributed by atoms with Crippen molar-refractivity contribution in [3.63, 3.8) is 0 Å². The quantitative estimate of drug-likeness (QED) is 0.671. The lowest BCUT2D eigenvalue weighted by Crippen LogP contribution is -2.18. The minimum Gasteiger partial charge on any atom is -0.436 e. The van der Waals surface area contributed by atoms with Crippen LogP contribution in [0.5, 0.6) is 11.6 Å². The third-order valence-corrected chi connectivity index (χ3v) is 2.54. The molecule has 0 fully saturated rings. The van der Waals surface area contributed by atoms with Crippen LogP contribution < -0.4 is 10.2 Å². The molecule has 1 aromatic carbocycles. The second kappa shape index (κ2) is 5.64. The molecule has 0 aliphatic rings. The molecule has 98 valence electrons. The molecule has 1 heterocycles. The Balaban J connectivity index is 2.26. The van der Waals surface area contributed by atoms with E-state index in [1.54, 1.807) is 0 Å². The SMILES string of the molecule is O=C(NO)c1ccc(Oc2ncccc2F)cc1Cl. The summed E-state index contributed by atoms with van der Waals surface area (Å²) < 4.78 is 18.5. The van der Waals surface area contributed by atoms with Crippen molar-refractivity contribution in [1.29, 1.82) is 0 Å². The van der Waals surface area contributed by atoms with E-state index in [1.807, 2.05) is 0 Å². The Bertz CT molecular complexity index is 622. The lowest BCUT2D eigenvalue weighted by Gasteiger charge is -2.07. The highest BCUT2D eigenvalue weighted by atomic mass is 35.5. The summed E-state index contributed by atoms with van der Waals surface area (Å²) in [6, 6.07) is 6.70. The van der Waals surface area contributed by atoms with Crippen LogP contribution in [0.25, 0.3) is 0 Å². The predicted molar refractivity (Wildman–Crippen MR) is 65.0 cm³/mol. The summed E-state index contributed by atoms with van der Waals surface area (Å²) in [6.07, 6.45) is 1.38. The van der Waals surface area contributed by atoms with Crippen molar-refractivity contribution in [2.45, 2.75) is 0 Å². The molecule has 0 spiro atoms. The predicted octanol–water partition coefficient (Wildman–Crippen LogP) is 2.79. The van der Waals surface area contributed by atoms with Crippen molar-refractivity contribution >= 4 is 17.5 Å². The molecule has 1 amide bonds. The van der Waals surface area contributed by atoms with E-state index in [2.05, 4.69) is 4.98 Å². The smallest absolute Gasteiger partial charge is 0.276 e. The molecular weight excluding hydrogens is 275 g/mol. The van der Waals surface area contributed by atoms with Gasteiger partial charge in [0.2, 0.25) is 0 Å². The number of nitrogens with zero attached hydrogens (tertiary/aromatic N) is 1. The Morgan fingerprint density at radius 3 is 2.84 bits per heavy atom. The van der Waals surface area contributed by atoms with Gasteiger partial charge in [0, 0.05) is 12.3 Å². The van der Waals surface area contributed by atoms with E-state index in [4.69, 9.17) is 21.5 Å². The highest BCUT2D eigenvalue weighted by Crippen LogP contribution is 2.26. The minimum atomic E-state index is -0.749. The Kier molecular flexibility index (Phi) is 3.94. The van der Waals surface area contributed by atoms with Gasteiger partial charge in [-0.25, -0.2) is 14.9 Å². The number of halogens is 2. The average Bonchev–Trinajstić information content (AvgIpc) is 2.41. The van der Waals surface area contributed by atoms with Crippen LogP contribution in [0.3, 0.4) is 0 Å². The van der Waals surface area contributed by atoms with Gasteiger partial charge in [0.25, 0.3) is 11.8 Å². The fourth-order valence-corrected chi connectivity index (χ4v) is 1.62. The molecule has 0 bridgehead atoms. The number of carbonyl (C=O) groups excluding carboxylic acids is 1. The first-order valence-electron chi connectivity index (χ1n) is 5.14. The molecule has 2 N–H and O–H groups in total. The topological polar surface area (TPSA) is 71.5 Å². The number of ether oxygens (including phenoxy) is 1. The van der Waals surface area contributed by atoms with Crippen molar-refractivity contribution in [3.8, 4) is 11.6 Å². The maximum atomic E-state index is 13.3. The van der Waals surface area contributed by atoms with Gasteiger partial charge < -0.3 is 4.74 Å². The zero-order valence-corrected chi connectivity index (χ0v) is 10.2. The van der Waals surface area contributed by atoms with Gasteiger partial charge in [0.05, 0.1) is 10.6 Å². The maximum Gasteiger partial charge on any atom is 0.276 e. The van der Waals surface area contributed by atoms with E-state index < -0.39 is 11.7 Å². The molecule has 0 aliphatic heterocycles. The molecule has 5 nitrogen and oxygen atoms in total. The van der Waals surface area contributed by atoms with Crippen molar-refractivity contribution in [3.05, 3.63) is 52.9 Å². The molecule has 0 saturated heterocycles. The van der Waals surface area contributed by atoms with E-state index in [1.165, 1.54) is 42.0 Å². The van der Waals surface area contributed by atoms with E-state index in [0.717, 1.165) is 0 Å². The lowest BCUT2D eigenvalue weighted by molar-refractivity contribution is 0.0706. The molecule has 1 aromatic heterocycles. The average molecular weight is 283 g/mol. The monoisotopic (exact) mass is 282 g/mol.